The molecule has 6 nitrogen and oxygen atoms in total. The fourth-order valence-electron chi connectivity index (χ4n) is 1.66. The summed E-state index contributed by atoms with van der Waals surface area (Å²) in [5.74, 6) is -0.840. The number of benzene rings is 1. The van der Waals surface area contributed by atoms with Gasteiger partial charge in [-0.25, -0.2) is 0 Å². The lowest BCUT2D eigenvalue weighted by atomic mass is 10.1. The van der Waals surface area contributed by atoms with Gasteiger partial charge in [-0.2, -0.15) is 24.9 Å². The van der Waals surface area contributed by atoms with Gasteiger partial charge in [0.2, 0.25) is 0 Å². The number of nitro benzene ring substituents is 1. The Hall–Kier alpha value is -1.81. The van der Waals surface area contributed by atoms with Gasteiger partial charge in [0.05, 0.1) is 4.92 Å². The first-order valence-electron chi connectivity index (χ1n) is 6.85. The number of nitrogens with one attached hydrogen (secondary N) is 1. The smallest absolute Gasteiger partial charge is 0.379 e. The predicted molar refractivity (Wildman–Crippen MR) is 84.9 cm³/mol. The van der Waals surface area contributed by atoms with Crippen LogP contribution in [0.4, 0.5) is 24.5 Å². The molecule has 0 aliphatic heterocycles. The highest BCUT2D eigenvalue weighted by atomic mass is 32.2. The third-order valence-electron chi connectivity index (χ3n) is 2.94. The molecule has 10 heteroatoms. The highest BCUT2D eigenvalue weighted by Crippen LogP contribution is 2.37. The Kier molecular flexibility index (Phi) is 6.23. The summed E-state index contributed by atoms with van der Waals surface area (Å²) in [4.78, 5) is 21.6. The van der Waals surface area contributed by atoms with Crippen molar-refractivity contribution in [2.75, 3.05) is 11.1 Å². The zero-order valence-electron chi connectivity index (χ0n) is 13.2. The third kappa shape index (κ3) is 5.38. The summed E-state index contributed by atoms with van der Waals surface area (Å²) in [5, 5.41) is 23.1. The van der Waals surface area contributed by atoms with Crippen LogP contribution in [0.25, 0.3) is 0 Å². The van der Waals surface area contributed by atoms with Crippen LogP contribution in [0.3, 0.4) is 0 Å². The minimum absolute atomic E-state index is 0.0512. The van der Waals surface area contributed by atoms with Crippen molar-refractivity contribution in [2.24, 2.45) is 0 Å². The van der Waals surface area contributed by atoms with Gasteiger partial charge >= 0.3 is 6.18 Å². The number of carbonyl (C=O) groups is 1. The van der Waals surface area contributed by atoms with Crippen LogP contribution in [0.2, 0.25) is 0 Å². The molecule has 0 saturated carbocycles. The lowest BCUT2D eigenvalue weighted by Gasteiger charge is -2.23. The topological polar surface area (TPSA) is 92.5 Å². The first-order valence-corrected chi connectivity index (χ1v) is 7.90. The number of nitrogens with zero attached hydrogens (tertiary/aromatic N) is 1. The van der Waals surface area contributed by atoms with Crippen LogP contribution in [0.1, 0.15) is 26.3 Å². The second-order valence-electron chi connectivity index (χ2n) is 5.57. The number of rotatable bonds is 6. The molecule has 2 N–H and O–H groups in total. The second kappa shape index (κ2) is 7.39. The van der Waals surface area contributed by atoms with Gasteiger partial charge in [0.25, 0.3) is 11.6 Å². The molecule has 1 atom stereocenters. The van der Waals surface area contributed by atoms with E-state index < -0.39 is 33.9 Å². The molecule has 1 amide bonds. The largest absolute Gasteiger partial charge is 0.423 e. The van der Waals surface area contributed by atoms with Gasteiger partial charge in [-0.3, -0.25) is 14.9 Å². The molecule has 0 aliphatic carbocycles. The van der Waals surface area contributed by atoms with Crippen LogP contribution in [-0.4, -0.2) is 32.5 Å². The number of amides is 1. The Bertz CT molecular complexity index is 633. The van der Waals surface area contributed by atoms with Crippen LogP contribution in [0.15, 0.2) is 18.2 Å². The van der Waals surface area contributed by atoms with Crippen molar-refractivity contribution in [3.05, 3.63) is 33.9 Å². The number of hydrogen-bond donors (Lipinski definition) is 2. The van der Waals surface area contributed by atoms with Crippen molar-refractivity contribution in [3.63, 3.8) is 0 Å². The highest BCUT2D eigenvalue weighted by molar-refractivity contribution is 7.99. The first kappa shape index (κ1) is 20.2. The number of hydrogen-bond acceptors (Lipinski definition) is 5. The summed E-state index contributed by atoms with van der Waals surface area (Å²) in [6.45, 7) is 4.98. The van der Waals surface area contributed by atoms with Gasteiger partial charge in [-0.15, -0.1) is 0 Å². The molecule has 1 aromatic carbocycles. The van der Waals surface area contributed by atoms with Crippen molar-refractivity contribution in [2.45, 2.75) is 37.8 Å². The van der Waals surface area contributed by atoms with E-state index in [4.69, 9.17) is 0 Å². The van der Waals surface area contributed by atoms with Crippen molar-refractivity contribution in [3.8, 4) is 0 Å². The van der Waals surface area contributed by atoms with Gasteiger partial charge in [-0.1, -0.05) is 13.8 Å². The fraction of sp³-hybridized carbons (Fsp3) is 0.500. The van der Waals surface area contributed by atoms with E-state index in [1.165, 1.54) is 18.7 Å². The lowest BCUT2D eigenvalue weighted by Crippen LogP contribution is -2.42. The number of anilines is 1. The summed E-state index contributed by atoms with van der Waals surface area (Å²) in [5.41, 5.74) is -4.66. The number of nitro groups is 1. The molecule has 24 heavy (non-hydrogen) atoms. The van der Waals surface area contributed by atoms with Gasteiger partial charge in [-0.05, 0) is 24.3 Å². The van der Waals surface area contributed by atoms with Gasteiger partial charge in [0.15, 0.2) is 0 Å². The quantitative estimate of drug-likeness (QED) is 0.594. The molecule has 1 unspecified atom stereocenters. The van der Waals surface area contributed by atoms with E-state index in [0.717, 1.165) is 6.07 Å². The van der Waals surface area contributed by atoms with E-state index in [9.17, 15) is 33.2 Å². The first-order chi connectivity index (χ1) is 10.8. The van der Waals surface area contributed by atoms with Crippen LogP contribution < -0.4 is 5.32 Å². The molecule has 0 bridgehead atoms. The standard InChI is InChI=1S/C14H17F3N2O4S/c1-8(2)24-7-13(3,21)12(20)18-9-4-5-11(19(22)23)10(6-9)14(15,16)17/h4-6,8,21H,7H2,1-3H3,(H,18,20). The summed E-state index contributed by atoms with van der Waals surface area (Å²) in [7, 11) is 0. The summed E-state index contributed by atoms with van der Waals surface area (Å²) in [6, 6.07) is 2.12. The van der Waals surface area contributed by atoms with Gasteiger partial charge in [0, 0.05) is 17.5 Å². The third-order valence-corrected chi connectivity index (χ3v) is 4.34. The predicted octanol–water partition coefficient (Wildman–Crippen LogP) is 3.44. The molecule has 0 spiro atoms. The average Bonchev–Trinajstić information content (AvgIpc) is 2.44. The molecule has 1 rings (SSSR count). The zero-order valence-corrected chi connectivity index (χ0v) is 14.0. The van der Waals surface area contributed by atoms with E-state index in [-0.39, 0.29) is 16.7 Å². The summed E-state index contributed by atoms with van der Waals surface area (Å²) >= 11 is 1.31. The van der Waals surface area contributed by atoms with Gasteiger partial charge in [0.1, 0.15) is 11.2 Å². The van der Waals surface area contributed by atoms with Crippen molar-refractivity contribution in [1.82, 2.24) is 0 Å². The van der Waals surface area contributed by atoms with Crippen molar-refractivity contribution in [1.29, 1.82) is 0 Å². The number of thioether (sulfide) groups is 1. The van der Waals surface area contributed by atoms with Crippen LogP contribution >= 0.6 is 11.8 Å². The zero-order chi connectivity index (χ0) is 18.7. The maximum Gasteiger partial charge on any atom is 0.423 e. The Morgan fingerprint density at radius 2 is 2.00 bits per heavy atom. The van der Waals surface area contributed by atoms with Crippen LogP contribution in [-0.2, 0) is 11.0 Å². The Morgan fingerprint density at radius 1 is 1.42 bits per heavy atom. The second-order valence-corrected chi connectivity index (χ2v) is 7.14. The molecule has 0 aliphatic rings. The Morgan fingerprint density at radius 3 is 2.46 bits per heavy atom. The maximum atomic E-state index is 12.9. The number of halogens is 3. The van der Waals surface area contributed by atoms with E-state index in [2.05, 4.69) is 5.32 Å². The Balaban J connectivity index is 3.04. The minimum Gasteiger partial charge on any atom is -0.379 e. The number of alkyl halides is 3. The number of carbonyl (C=O) groups excluding carboxylic acids is 1. The van der Waals surface area contributed by atoms with Gasteiger partial charge < -0.3 is 10.4 Å². The molecule has 134 valence electrons. The molecule has 1 aromatic rings. The summed E-state index contributed by atoms with van der Waals surface area (Å²) in [6.07, 6.45) is -4.95. The maximum absolute atomic E-state index is 12.9. The number of aliphatic hydroxyl groups is 1. The van der Waals surface area contributed by atoms with Crippen LogP contribution in [0, 0.1) is 10.1 Å². The summed E-state index contributed by atoms with van der Waals surface area (Å²) < 4.78 is 38.7. The Labute approximate surface area is 140 Å². The van der Waals surface area contributed by atoms with Crippen molar-refractivity contribution < 1.29 is 28.0 Å². The lowest BCUT2D eigenvalue weighted by molar-refractivity contribution is -0.388. The monoisotopic (exact) mass is 366 g/mol. The van der Waals surface area contributed by atoms with Crippen LogP contribution in [0.5, 0.6) is 0 Å². The van der Waals surface area contributed by atoms with E-state index in [1.807, 2.05) is 13.8 Å². The molecule has 0 saturated heterocycles. The van der Waals surface area contributed by atoms with E-state index in [1.54, 1.807) is 0 Å². The van der Waals surface area contributed by atoms with E-state index in [0.29, 0.717) is 12.1 Å². The van der Waals surface area contributed by atoms with Crippen molar-refractivity contribution >= 4 is 29.0 Å². The van der Waals surface area contributed by atoms with E-state index >= 15 is 0 Å². The molecule has 0 heterocycles. The minimum atomic E-state index is -4.95. The highest BCUT2D eigenvalue weighted by Gasteiger charge is 2.39. The normalized spacial score (nSPS) is 14.3. The molecule has 0 fully saturated rings. The molecular formula is C14H17F3N2O4S. The fourth-order valence-corrected chi connectivity index (χ4v) is 2.45. The average molecular weight is 366 g/mol. The molecular weight excluding hydrogens is 349 g/mol. The molecule has 0 radical (unpaired) electrons. The SMILES string of the molecule is CC(C)SCC(C)(O)C(=O)Nc1ccc([N+](=O)[O-])c(C(F)(F)F)c1. The molecule has 0 aromatic heterocycles.